The molecule has 0 fully saturated rings. The summed E-state index contributed by atoms with van der Waals surface area (Å²) in [6.07, 6.45) is -4.44. The van der Waals surface area contributed by atoms with Crippen LogP contribution in [-0.2, 0) is 6.18 Å². The summed E-state index contributed by atoms with van der Waals surface area (Å²) in [6.45, 7) is 1.57. The summed E-state index contributed by atoms with van der Waals surface area (Å²) in [7, 11) is 0. The van der Waals surface area contributed by atoms with Crippen molar-refractivity contribution in [2.75, 3.05) is 0 Å². The second-order valence-corrected chi connectivity index (χ2v) is 5.80. The molecule has 2 aromatic carbocycles. The van der Waals surface area contributed by atoms with Gasteiger partial charge < -0.3 is 5.32 Å². The molecule has 2 rings (SSSR count). The summed E-state index contributed by atoms with van der Waals surface area (Å²) < 4.78 is 51.5. The van der Waals surface area contributed by atoms with Crippen LogP contribution >= 0.6 is 15.9 Å². The molecule has 0 unspecified atom stereocenters. The minimum absolute atomic E-state index is 0.199. The van der Waals surface area contributed by atoms with Crippen LogP contribution in [0.2, 0.25) is 0 Å². The number of carbonyl (C=O) groups excluding carboxylic acids is 1. The Balaban J connectivity index is 2.18. The van der Waals surface area contributed by atoms with Crippen LogP contribution in [0.4, 0.5) is 17.6 Å². The number of carbonyl (C=O) groups is 1. The molecule has 0 saturated carbocycles. The Morgan fingerprint density at radius 2 is 1.87 bits per heavy atom. The molecule has 0 heterocycles. The van der Waals surface area contributed by atoms with Gasteiger partial charge in [-0.15, -0.1) is 0 Å². The highest BCUT2D eigenvalue weighted by Gasteiger charge is 2.30. The predicted octanol–water partition coefficient (Wildman–Crippen LogP) is 5.10. The van der Waals surface area contributed by atoms with Crippen molar-refractivity contribution >= 4 is 21.8 Å². The van der Waals surface area contributed by atoms with Gasteiger partial charge in [0, 0.05) is 4.47 Å². The topological polar surface area (TPSA) is 29.1 Å². The smallest absolute Gasteiger partial charge is 0.345 e. The van der Waals surface area contributed by atoms with Gasteiger partial charge >= 0.3 is 6.18 Å². The number of hydrogen-bond acceptors (Lipinski definition) is 1. The average molecular weight is 390 g/mol. The van der Waals surface area contributed by atoms with Crippen molar-refractivity contribution in [1.29, 1.82) is 0 Å². The highest BCUT2D eigenvalue weighted by molar-refractivity contribution is 9.10. The summed E-state index contributed by atoms with van der Waals surface area (Å²) in [5.41, 5.74) is -0.254. The number of benzene rings is 2. The molecule has 0 aliphatic carbocycles. The Kier molecular flexibility index (Phi) is 5.09. The van der Waals surface area contributed by atoms with Crippen LogP contribution < -0.4 is 5.32 Å². The largest absolute Gasteiger partial charge is 0.416 e. The molecule has 23 heavy (non-hydrogen) atoms. The zero-order chi connectivity index (χ0) is 17.2. The molecule has 0 aromatic heterocycles. The van der Waals surface area contributed by atoms with E-state index in [2.05, 4.69) is 21.2 Å². The van der Waals surface area contributed by atoms with E-state index in [1.54, 1.807) is 6.92 Å². The number of alkyl halides is 3. The molecule has 1 atom stereocenters. The quantitative estimate of drug-likeness (QED) is 0.727. The fourth-order valence-corrected chi connectivity index (χ4v) is 2.55. The van der Waals surface area contributed by atoms with Crippen LogP contribution in [0.25, 0.3) is 0 Å². The van der Waals surface area contributed by atoms with E-state index >= 15 is 0 Å². The minimum Gasteiger partial charge on any atom is -0.345 e. The lowest BCUT2D eigenvalue weighted by Crippen LogP contribution is -2.27. The molecule has 122 valence electrons. The fraction of sp³-hybridized carbons (Fsp3) is 0.188. The molecule has 0 radical (unpaired) electrons. The standard InChI is InChI=1S/C16H12BrF4NO/c1-9(10-3-2-4-11(7-10)16(19,20)21)22-15(23)13-6-5-12(18)8-14(13)17/h2-9H,1H3,(H,22,23)/t9-/m0/s1. The van der Waals surface area contributed by atoms with Crippen molar-refractivity contribution in [3.8, 4) is 0 Å². The Hall–Kier alpha value is -1.89. The van der Waals surface area contributed by atoms with Crippen LogP contribution in [0.15, 0.2) is 46.9 Å². The zero-order valence-electron chi connectivity index (χ0n) is 11.9. The van der Waals surface area contributed by atoms with Crippen LogP contribution in [-0.4, -0.2) is 5.91 Å². The van der Waals surface area contributed by atoms with Crippen molar-refractivity contribution in [1.82, 2.24) is 5.32 Å². The average Bonchev–Trinajstić information content (AvgIpc) is 2.46. The normalized spacial score (nSPS) is 12.8. The molecule has 2 nitrogen and oxygen atoms in total. The first-order valence-electron chi connectivity index (χ1n) is 6.61. The molecule has 0 aliphatic rings. The van der Waals surface area contributed by atoms with Gasteiger partial charge in [0.2, 0.25) is 0 Å². The molecule has 7 heteroatoms. The second kappa shape index (κ2) is 6.70. The van der Waals surface area contributed by atoms with Crippen molar-refractivity contribution in [3.63, 3.8) is 0 Å². The third-order valence-corrected chi connectivity index (χ3v) is 3.89. The molecule has 1 N–H and O–H groups in total. The molecule has 0 spiro atoms. The lowest BCUT2D eigenvalue weighted by Gasteiger charge is -2.16. The highest BCUT2D eigenvalue weighted by atomic mass is 79.9. The van der Waals surface area contributed by atoms with Crippen molar-refractivity contribution in [2.24, 2.45) is 0 Å². The van der Waals surface area contributed by atoms with Gasteiger partial charge in [-0.25, -0.2) is 4.39 Å². The van der Waals surface area contributed by atoms with E-state index in [9.17, 15) is 22.4 Å². The Morgan fingerprint density at radius 3 is 2.48 bits per heavy atom. The van der Waals surface area contributed by atoms with Gasteiger partial charge in [-0.3, -0.25) is 4.79 Å². The molecule has 1 amide bonds. The highest BCUT2D eigenvalue weighted by Crippen LogP contribution is 2.30. The molecule has 2 aromatic rings. The van der Waals surface area contributed by atoms with E-state index in [1.165, 1.54) is 18.2 Å². The van der Waals surface area contributed by atoms with Crippen molar-refractivity contribution in [3.05, 3.63) is 69.4 Å². The zero-order valence-corrected chi connectivity index (χ0v) is 13.5. The maximum Gasteiger partial charge on any atom is 0.416 e. The third-order valence-electron chi connectivity index (χ3n) is 3.24. The monoisotopic (exact) mass is 389 g/mol. The van der Waals surface area contributed by atoms with Gasteiger partial charge in [-0.2, -0.15) is 13.2 Å². The van der Waals surface area contributed by atoms with Crippen molar-refractivity contribution < 1.29 is 22.4 Å². The number of amides is 1. The van der Waals surface area contributed by atoms with E-state index in [-0.39, 0.29) is 10.0 Å². The van der Waals surface area contributed by atoms with Crippen LogP contribution in [0, 0.1) is 5.82 Å². The number of nitrogens with one attached hydrogen (secondary N) is 1. The van der Waals surface area contributed by atoms with Gasteiger partial charge in [0.15, 0.2) is 0 Å². The predicted molar refractivity (Wildman–Crippen MR) is 81.4 cm³/mol. The summed E-state index contributed by atoms with van der Waals surface area (Å²) in [5, 5.41) is 2.59. The lowest BCUT2D eigenvalue weighted by atomic mass is 10.0. The number of halogens is 5. The molecule has 0 bridgehead atoms. The van der Waals surface area contributed by atoms with Crippen LogP contribution in [0.1, 0.15) is 34.5 Å². The van der Waals surface area contributed by atoms with Gasteiger partial charge in [0.1, 0.15) is 5.82 Å². The maximum atomic E-state index is 13.0. The third kappa shape index (κ3) is 4.31. The van der Waals surface area contributed by atoms with Crippen molar-refractivity contribution in [2.45, 2.75) is 19.1 Å². The van der Waals surface area contributed by atoms with Gasteiger partial charge in [0.25, 0.3) is 5.91 Å². The van der Waals surface area contributed by atoms with E-state index in [4.69, 9.17) is 0 Å². The summed E-state index contributed by atoms with van der Waals surface area (Å²) in [6, 6.07) is 7.68. The summed E-state index contributed by atoms with van der Waals surface area (Å²) in [4.78, 5) is 12.2. The first-order chi connectivity index (χ1) is 10.7. The SMILES string of the molecule is C[C@H](NC(=O)c1ccc(F)cc1Br)c1cccc(C(F)(F)F)c1. The van der Waals surface area contributed by atoms with Crippen LogP contribution in [0.5, 0.6) is 0 Å². The summed E-state index contributed by atoms with van der Waals surface area (Å²) >= 11 is 3.08. The number of rotatable bonds is 3. The van der Waals surface area contributed by atoms with Gasteiger partial charge in [0.05, 0.1) is 17.2 Å². The molecular formula is C16H12BrF4NO. The maximum absolute atomic E-state index is 13.0. The minimum atomic E-state index is -4.44. The van der Waals surface area contributed by atoms with Crippen LogP contribution in [0.3, 0.4) is 0 Å². The van der Waals surface area contributed by atoms with Gasteiger partial charge in [-0.05, 0) is 58.7 Å². The van der Waals surface area contributed by atoms with E-state index in [0.717, 1.165) is 24.3 Å². The molecular weight excluding hydrogens is 378 g/mol. The van der Waals surface area contributed by atoms with E-state index < -0.39 is 29.5 Å². The second-order valence-electron chi connectivity index (χ2n) is 4.94. The number of hydrogen-bond donors (Lipinski definition) is 1. The Morgan fingerprint density at radius 1 is 1.17 bits per heavy atom. The first kappa shape index (κ1) is 17.5. The fourth-order valence-electron chi connectivity index (χ4n) is 2.02. The molecule has 0 aliphatic heterocycles. The lowest BCUT2D eigenvalue weighted by molar-refractivity contribution is -0.137. The Labute approximate surface area is 138 Å². The summed E-state index contributed by atoms with van der Waals surface area (Å²) in [5.74, 6) is -1.01. The van der Waals surface area contributed by atoms with E-state index in [0.29, 0.717) is 5.56 Å². The van der Waals surface area contributed by atoms with Gasteiger partial charge in [-0.1, -0.05) is 12.1 Å². The first-order valence-corrected chi connectivity index (χ1v) is 7.41. The van der Waals surface area contributed by atoms with E-state index in [1.807, 2.05) is 0 Å². The Bertz CT molecular complexity index is 730. The molecule has 0 saturated heterocycles.